The summed E-state index contributed by atoms with van der Waals surface area (Å²) in [6, 6.07) is 4.92. The van der Waals surface area contributed by atoms with Crippen LogP contribution in [0.15, 0.2) is 18.2 Å². The first-order valence-corrected chi connectivity index (χ1v) is 4.77. The number of benzene rings is 1. The van der Waals surface area contributed by atoms with Gasteiger partial charge in [0.25, 0.3) is 0 Å². The third-order valence-corrected chi connectivity index (χ3v) is 1.85. The molecule has 0 radical (unpaired) electrons. The van der Waals surface area contributed by atoms with E-state index in [2.05, 4.69) is 27.8 Å². The lowest BCUT2D eigenvalue weighted by molar-refractivity contribution is 0.475. The zero-order chi connectivity index (χ0) is 8.97. The second kappa shape index (κ2) is 4.39. The van der Waals surface area contributed by atoms with E-state index in [0.717, 1.165) is 5.56 Å². The molecule has 12 heavy (non-hydrogen) atoms. The fourth-order valence-corrected chi connectivity index (χ4v) is 0.984. The Morgan fingerprint density at radius 3 is 2.83 bits per heavy atom. The number of alkyl halides is 1. The number of hydrogen-bond donors (Lipinski definition) is 1. The molecule has 0 aliphatic heterocycles. The van der Waals surface area contributed by atoms with Crippen molar-refractivity contribution >= 4 is 27.5 Å². The molecular formula is C9H6BrClO. The standard InChI is InChI=1S/C9H6BrClO/c10-5-1-2-7-3-4-8(11)9(12)6-7/h3-4,6,12H,5H2. The molecule has 0 spiro atoms. The normalized spacial score (nSPS) is 8.83. The van der Waals surface area contributed by atoms with Crippen molar-refractivity contribution < 1.29 is 5.11 Å². The maximum Gasteiger partial charge on any atom is 0.135 e. The molecule has 0 saturated heterocycles. The van der Waals surface area contributed by atoms with E-state index < -0.39 is 0 Å². The van der Waals surface area contributed by atoms with Gasteiger partial charge >= 0.3 is 0 Å². The summed E-state index contributed by atoms with van der Waals surface area (Å²) in [4.78, 5) is 0. The summed E-state index contributed by atoms with van der Waals surface area (Å²) in [6.07, 6.45) is 0. The van der Waals surface area contributed by atoms with Crippen molar-refractivity contribution in [3.05, 3.63) is 28.8 Å². The molecule has 0 aromatic heterocycles. The Kier molecular flexibility index (Phi) is 3.46. The van der Waals surface area contributed by atoms with E-state index in [1.165, 1.54) is 6.07 Å². The lowest BCUT2D eigenvalue weighted by atomic mass is 10.2. The summed E-state index contributed by atoms with van der Waals surface area (Å²) >= 11 is 8.78. The summed E-state index contributed by atoms with van der Waals surface area (Å²) in [7, 11) is 0. The average molecular weight is 246 g/mol. The first kappa shape index (κ1) is 9.44. The van der Waals surface area contributed by atoms with Crippen LogP contribution in [0.2, 0.25) is 5.02 Å². The Morgan fingerprint density at radius 2 is 2.25 bits per heavy atom. The van der Waals surface area contributed by atoms with Crippen LogP contribution < -0.4 is 0 Å². The van der Waals surface area contributed by atoms with Gasteiger partial charge in [-0.3, -0.25) is 0 Å². The van der Waals surface area contributed by atoms with Crippen LogP contribution in [-0.2, 0) is 0 Å². The molecule has 0 unspecified atom stereocenters. The summed E-state index contributed by atoms with van der Waals surface area (Å²) in [5, 5.41) is 10.2. The second-order valence-corrected chi connectivity index (χ2v) is 3.07. The van der Waals surface area contributed by atoms with Crippen molar-refractivity contribution in [3.63, 3.8) is 0 Å². The van der Waals surface area contributed by atoms with Gasteiger partial charge in [-0.1, -0.05) is 39.4 Å². The molecule has 0 aliphatic rings. The average Bonchev–Trinajstić information content (AvgIpc) is 2.07. The van der Waals surface area contributed by atoms with Crippen LogP contribution in [0.5, 0.6) is 5.75 Å². The van der Waals surface area contributed by atoms with Gasteiger partial charge in [0, 0.05) is 5.56 Å². The van der Waals surface area contributed by atoms with Gasteiger partial charge in [-0.2, -0.15) is 0 Å². The van der Waals surface area contributed by atoms with Crippen LogP contribution >= 0.6 is 27.5 Å². The monoisotopic (exact) mass is 244 g/mol. The highest BCUT2D eigenvalue weighted by atomic mass is 79.9. The molecular weight excluding hydrogens is 239 g/mol. The molecule has 0 bridgehead atoms. The topological polar surface area (TPSA) is 20.2 Å². The van der Waals surface area contributed by atoms with Gasteiger partial charge in [-0.15, -0.1) is 0 Å². The Bertz CT molecular complexity index is 338. The molecule has 1 N–H and O–H groups in total. The molecule has 1 aromatic rings. The van der Waals surface area contributed by atoms with Gasteiger partial charge < -0.3 is 5.11 Å². The molecule has 0 atom stereocenters. The van der Waals surface area contributed by atoms with Gasteiger partial charge in [-0.05, 0) is 18.2 Å². The predicted octanol–water partition coefficient (Wildman–Crippen LogP) is 2.79. The number of rotatable bonds is 0. The third kappa shape index (κ3) is 2.44. The maximum atomic E-state index is 9.19. The molecule has 0 amide bonds. The molecule has 0 heterocycles. The summed E-state index contributed by atoms with van der Waals surface area (Å²) < 4.78 is 0. The van der Waals surface area contributed by atoms with Crippen LogP contribution in [0.4, 0.5) is 0 Å². The predicted molar refractivity (Wildman–Crippen MR) is 53.8 cm³/mol. The van der Waals surface area contributed by atoms with E-state index in [1.807, 2.05) is 0 Å². The van der Waals surface area contributed by atoms with Crippen molar-refractivity contribution in [1.82, 2.24) is 0 Å². The molecule has 1 aromatic carbocycles. The summed E-state index contributed by atoms with van der Waals surface area (Å²) in [6.45, 7) is 0. The molecule has 1 nitrogen and oxygen atoms in total. The zero-order valence-corrected chi connectivity index (χ0v) is 8.48. The van der Waals surface area contributed by atoms with E-state index in [9.17, 15) is 5.11 Å². The molecule has 0 saturated carbocycles. The highest BCUT2D eigenvalue weighted by Crippen LogP contribution is 2.22. The van der Waals surface area contributed by atoms with E-state index in [1.54, 1.807) is 12.1 Å². The molecule has 3 heteroatoms. The number of phenols is 1. The highest BCUT2D eigenvalue weighted by Gasteiger charge is 1.96. The van der Waals surface area contributed by atoms with Crippen LogP contribution in [0.3, 0.4) is 0 Å². The zero-order valence-electron chi connectivity index (χ0n) is 6.14. The fraction of sp³-hybridized carbons (Fsp3) is 0.111. The maximum absolute atomic E-state index is 9.19. The second-order valence-electron chi connectivity index (χ2n) is 2.10. The van der Waals surface area contributed by atoms with Gasteiger partial charge in [0.1, 0.15) is 5.75 Å². The number of phenolic OH excluding ortho intramolecular Hbond substituents is 1. The number of hydrogen-bond acceptors (Lipinski definition) is 1. The Balaban J connectivity index is 2.97. The molecule has 0 fully saturated rings. The van der Waals surface area contributed by atoms with E-state index in [-0.39, 0.29) is 5.75 Å². The first-order valence-electron chi connectivity index (χ1n) is 3.27. The Morgan fingerprint density at radius 1 is 1.50 bits per heavy atom. The van der Waals surface area contributed by atoms with Crippen molar-refractivity contribution in [3.8, 4) is 17.6 Å². The highest BCUT2D eigenvalue weighted by molar-refractivity contribution is 9.09. The largest absolute Gasteiger partial charge is 0.506 e. The third-order valence-electron chi connectivity index (χ3n) is 1.25. The van der Waals surface area contributed by atoms with E-state index in [0.29, 0.717) is 10.4 Å². The Hall–Kier alpha value is -0.650. The first-order chi connectivity index (χ1) is 5.74. The van der Waals surface area contributed by atoms with Crippen molar-refractivity contribution in [1.29, 1.82) is 0 Å². The molecule has 1 rings (SSSR count). The van der Waals surface area contributed by atoms with Gasteiger partial charge in [0.05, 0.1) is 10.4 Å². The quantitative estimate of drug-likeness (QED) is 0.550. The van der Waals surface area contributed by atoms with Crippen LogP contribution in [-0.4, -0.2) is 10.4 Å². The van der Waals surface area contributed by atoms with Crippen LogP contribution in [0.25, 0.3) is 0 Å². The van der Waals surface area contributed by atoms with Crippen molar-refractivity contribution in [2.24, 2.45) is 0 Å². The van der Waals surface area contributed by atoms with Crippen molar-refractivity contribution in [2.75, 3.05) is 5.33 Å². The smallest absolute Gasteiger partial charge is 0.135 e. The molecule has 62 valence electrons. The van der Waals surface area contributed by atoms with Crippen LogP contribution in [0, 0.1) is 11.8 Å². The minimum absolute atomic E-state index is 0.0676. The number of aromatic hydroxyl groups is 1. The molecule has 0 aliphatic carbocycles. The van der Waals surface area contributed by atoms with Gasteiger partial charge in [0.2, 0.25) is 0 Å². The lowest BCUT2D eigenvalue weighted by Crippen LogP contribution is -1.74. The summed E-state index contributed by atoms with van der Waals surface area (Å²) in [5.74, 6) is 5.74. The van der Waals surface area contributed by atoms with Gasteiger partial charge in [-0.25, -0.2) is 0 Å². The lowest BCUT2D eigenvalue weighted by Gasteiger charge is -1.95. The summed E-state index contributed by atoms with van der Waals surface area (Å²) in [5.41, 5.74) is 0.761. The van der Waals surface area contributed by atoms with Crippen molar-refractivity contribution in [2.45, 2.75) is 0 Å². The minimum Gasteiger partial charge on any atom is -0.506 e. The minimum atomic E-state index is 0.0676. The van der Waals surface area contributed by atoms with E-state index >= 15 is 0 Å². The SMILES string of the molecule is Oc1cc(C#CCBr)ccc1Cl. The Labute approximate surface area is 84.5 Å². The van der Waals surface area contributed by atoms with Gasteiger partial charge in [0.15, 0.2) is 0 Å². The van der Waals surface area contributed by atoms with Crippen LogP contribution in [0.1, 0.15) is 5.56 Å². The van der Waals surface area contributed by atoms with E-state index in [4.69, 9.17) is 11.6 Å². The fourth-order valence-electron chi connectivity index (χ4n) is 0.726. The number of halogens is 2.